The van der Waals surface area contributed by atoms with E-state index in [-0.39, 0.29) is 12.0 Å². The van der Waals surface area contributed by atoms with Crippen molar-refractivity contribution in [1.29, 1.82) is 0 Å². The summed E-state index contributed by atoms with van der Waals surface area (Å²) < 4.78 is 10.8. The first kappa shape index (κ1) is 16.1. The number of nitrogens with zero attached hydrogens (tertiary/aromatic N) is 1. The van der Waals surface area contributed by atoms with Gasteiger partial charge in [0, 0.05) is 12.6 Å². The molecule has 0 bridgehead atoms. The molecule has 6 nitrogen and oxygen atoms in total. The van der Waals surface area contributed by atoms with Crippen LogP contribution < -0.4 is 15.0 Å². The molecule has 2 amide bonds. The predicted octanol–water partition coefficient (Wildman–Crippen LogP) is 2.33. The lowest BCUT2D eigenvalue weighted by molar-refractivity contribution is -0.119. The Morgan fingerprint density at radius 1 is 1.41 bits per heavy atom. The van der Waals surface area contributed by atoms with E-state index in [2.05, 4.69) is 12.2 Å². The van der Waals surface area contributed by atoms with Crippen LogP contribution in [-0.2, 0) is 9.53 Å². The molecule has 0 aromatic heterocycles. The largest absolute Gasteiger partial charge is 0.494 e. The zero-order chi connectivity index (χ0) is 15.9. The zero-order valence-electron chi connectivity index (χ0n) is 13.0. The molecular weight excluding hydrogens is 284 g/mol. The van der Waals surface area contributed by atoms with Gasteiger partial charge in [0.2, 0.25) is 5.91 Å². The fraction of sp³-hybridized carbons (Fsp3) is 0.500. The number of carbonyl (C=O) groups excluding carboxylic acids is 2. The second-order valence-corrected chi connectivity index (χ2v) is 5.25. The highest BCUT2D eigenvalue weighted by molar-refractivity contribution is 5.89. The number of hydrogen-bond donors (Lipinski definition) is 1. The van der Waals surface area contributed by atoms with Crippen molar-refractivity contribution in [2.75, 3.05) is 24.6 Å². The number of benzene rings is 1. The van der Waals surface area contributed by atoms with E-state index in [0.717, 1.165) is 24.3 Å². The van der Waals surface area contributed by atoms with E-state index in [4.69, 9.17) is 9.47 Å². The summed E-state index contributed by atoms with van der Waals surface area (Å²) in [6.45, 7) is 5.00. The summed E-state index contributed by atoms with van der Waals surface area (Å²) in [5.41, 5.74) is 0.762. The van der Waals surface area contributed by atoms with Crippen molar-refractivity contribution in [3.8, 4) is 5.75 Å². The van der Waals surface area contributed by atoms with Crippen LogP contribution in [0.25, 0.3) is 0 Å². The Balaban J connectivity index is 1.91. The Hall–Kier alpha value is -2.24. The molecule has 2 rings (SSSR count). The van der Waals surface area contributed by atoms with Crippen LogP contribution in [0.4, 0.5) is 10.5 Å². The fourth-order valence-electron chi connectivity index (χ4n) is 2.15. The summed E-state index contributed by atoms with van der Waals surface area (Å²) in [6, 6.07) is 7.37. The van der Waals surface area contributed by atoms with Crippen LogP contribution in [0.1, 0.15) is 26.7 Å². The number of amides is 2. The molecule has 1 aromatic carbocycles. The second kappa shape index (κ2) is 7.68. The number of rotatable bonds is 7. The number of carbonyl (C=O) groups is 2. The quantitative estimate of drug-likeness (QED) is 0.785. The Kier molecular flexibility index (Phi) is 5.63. The van der Waals surface area contributed by atoms with E-state index in [1.54, 1.807) is 4.90 Å². The van der Waals surface area contributed by atoms with Gasteiger partial charge < -0.3 is 14.8 Å². The molecule has 1 atom stereocenters. The lowest BCUT2D eigenvalue weighted by Gasteiger charge is -2.14. The van der Waals surface area contributed by atoms with Gasteiger partial charge in [-0.3, -0.25) is 9.69 Å². The monoisotopic (exact) mass is 306 g/mol. The molecule has 1 fully saturated rings. The van der Waals surface area contributed by atoms with Crippen molar-refractivity contribution in [1.82, 2.24) is 5.32 Å². The molecule has 1 aromatic rings. The Labute approximate surface area is 130 Å². The minimum absolute atomic E-state index is 0.136. The maximum absolute atomic E-state index is 11.9. The standard InChI is InChI=1S/C16H22N2O4/c1-3-4-9-21-14-7-5-13(6-8-14)18-11-15(22-16(18)20)10-17-12(2)19/h5-8,15H,3-4,9-11H2,1-2H3,(H,17,19)/t15-/m0/s1. The normalized spacial score (nSPS) is 17.3. The predicted molar refractivity (Wildman–Crippen MR) is 83.1 cm³/mol. The van der Waals surface area contributed by atoms with Crippen molar-refractivity contribution in [3.63, 3.8) is 0 Å². The average Bonchev–Trinajstić information content (AvgIpc) is 2.87. The molecule has 1 saturated heterocycles. The Bertz CT molecular complexity index is 515. The molecule has 0 spiro atoms. The van der Waals surface area contributed by atoms with Crippen LogP contribution in [0.2, 0.25) is 0 Å². The first-order valence-electron chi connectivity index (χ1n) is 7.55. The summed E-state index contributed by atoms with van der Waals surface area (Å²) in [5, 5.41) is 2.65. The van der Waals surface area contributed by atoms with E-state index < -0.39 is 6.09 Å². The van der Waals surface area contributed by atoms with Crippen LogP contribution in [-0.4, -0.2) is 37.8 Å². The summed E-state index contributed by atoms with van der Waals surface area (Å²) in [7, 11) is 0. The topological polar surface area (TPSA) is 67.9 Å². The van der Waals surface area contributed by atoms with Gasteiger partial charge in [-0.15, -0.1) is 0 Å². The number of ether oxygens (including phenoxy) is 2. The van der Waals surface area contributed by atoms with Crippen molar-refractivity contribution in [2.45, 2.75) is 32.8 Å². The van der Waals surface area contributed by atoms with Gasteiger partial charge in [-0.2, -0.15) is 0 Å². The first-order chi connectivity index (χ1) is 10.6. The summed E-state index contributed by atoms with van der Waals surface area (Å²) in [6.07, 6.45) is 1.39. The Morgan fingerprint density at radius 2 is 2.14 bits per heavy atom. The average molecular weight is 306 g/mol. The molecule has 0 unspecified atom stereocenters. The highest BCUT2D eigenvalue weighted by atomic mass is 16.6. The molecule has 0 radical (unpaired) electrons. The zero-order valence-corrected chi connectivity index (χ0v) is 13.0. The van der Waals surface area contributed by atoms with Gasteiger partial charge in [-0.05, 0) is 30.7 Å². The highest BCUT2D eigenvalue weighted by Crippen LogP contribution is 2.24. The van der Waals surface area contributed by atoms with Crippen LogP contribution in [0, 0.1) is 0 Å². The third-order valence-corrected chi connectivity index (χ3v) is 3.37. The maximum atomic E-state index is 11.9. The lowest BCUT2D eigenvalue weighted by Crippen LogP contribution is -2.33. The highest BCUT2D eigenvalue weighted by Gasteiger charge is 2.32. The summed E-state index contributed by atoms with van der Waals surface area (Å²) in [4.78, 5) is 24.3. The summed E-state index contributed by atoms with van der Waals surface area (Å²) in [5.74, 6) is 0.655. The smallest absolute Gasteiger partial charge is 0.414 e. The molecule has 1 N–H and O–H groups in total. The van der Waals surface area contributed by atoms with E-state index in [9.17, 15) is 9.59 Å². The van der Waals surface area contributed by atoms with Crippen molar-refractivity contribution < 1.29 is 19.1 Å². The minimum Gasteiger partial charge on any atom is -0.494 e. The molecular formula is C16H22N2O4. The van der Waals surface area contributed by atoms with Crippen molar-refractivity contribution >= 4 is 17.7 Å². The van der Waals surface area contributed by atoms with Gasteiger partial charge in [0.05, 0.1) is 19.7 Å². The van der Waals surface area contributed by atoms with Crippen LogP contribution in [0.5, 0.6) is 5.75 Å². The third-order valence-electron chi connectivity index (χ3n) is 3.37. The second-order valence-electron chi connectivity index (χ2n) is 5.25. The summed E-state index contributed by atoms with van der Waals surface area (Å²) >= 11 is 0. The van der Waals surface area contributed by atoms with Crippen molar-refractivity contribution in [3.05, 3.63) is 24.3 Å². The third kappa shape index (κ3) is 4.38. The number of nitrogens with one attached hydrogen (secondary N) is 1. The van der Waals surface area contributed by atoms with E-state index in [1.165, 1.54) is 6.92 Å². The van der Waals surface area contributed by atoms with E-state index >= 15 is 0 Å². The number of anilines is 1. The number of hydrogen-bond acceptors (Lipinski definition) is 4. The number of unbranched alkanes of at least 4 members (excludes halogenated alkanes) is 1. The molecule has 6 heteroatoms. The van der Waals surface area contributed by atoms with Gasteiger partial charge in [-0.25, -0.2) is 4.79 Å². The fourth-order valence-corrected chi connectivity index (χ4v) is 2.15. The maximum Gasteiger partial charge on any atom is 0.414 e. The van der Waals surface area contributed by atoms with Gasteiger partial charge in [0.15, 0.2) is 0 Å². The van der Waals surface area contributed by atoms with Gasteiger partial charge in [0.25, 0.3) is 0 Å². The first-order valence-corrected chi connectivity index (χ1v) is 7.55. The number of cyclic esters (lactones) is 1. The van der Waals surface area contributed by atoms with Crippen LogP contribution >= 0.6 is 0 Å². The molecule has 1 heterocycles. The van der Waals surface area contributed by atoms with E-state index in [1.807, 2.05) is 24.3 Å². The van der Waals surface area contributed by atoms with Crippen molar-refractivity contribution in [2.24, 2.45) is 0 Å². The molecule has 120 valence electrons. The molecule has 0 saturated carbocycles. The Morgan fingerprint density at radius 3 is 2.77 bits per heavy atom. The molecule has 1 aliphatic rings. The molecule has 22 heavy (non-hydrogen) atoms. The van der Waals surface area contributed by atoms with Crippen LogP contribution in [0.15, 0.2) is 24.3 Å². The lowest BCUT2D eigenvalue weighted by atomic mass is 10.2. The molecule has 0 aliphatic carbocycles. The van der Waals surface area contributed by atoms with Crippen LogP contribution in [0.3, 0.4) is 0 Å². The molecule has 1 aliphatic heterocycles. The SMILES string of the molecule is CCCCOc1ccc(N2C[C@H](CNC(C)=O)OC2=O)cc1. The van der Waals surface area contributed by atoms with E-state index in [0.29, 0.717) is 19.7 Å². The van der Waals surface area contributed by atoms with Gasteiger partial charge in [-0.1, -0.05) is 13.3 Å². The van der Waals surface area contributed by atoms with Gasteiger partial charge >= 0.3 is 6.09 Å². The van der Waals surface area contributed by atoms with Gasteiger partial charge in [0.1, 0.15) is 11.9 Å². The minimum atomic E-state index is -0.394.